The number of rotatable bonds is 9. The summed E-state index contributed by atoms with van der Waals surface area (Å²) in [7, 11) is -3.64. The molecule has 14 heteroatoms. The molecule has 0 atom stereocenters. The number of aromatic nitrogens is 3. The molecule has 0 spiro atoms. The number of hydrogen-bond acceptors (Lipinski definition) is 7. The lowest BCUT2D eigenvalue weighted by Crippen LogP contribution is -2.29. The fraction of sp³-hybridized carbons (Fsp3) is 0.316. The summed E-state index contributed by atoms with van der Waals surface area (Å²) in [5.74, 6) is -0.296. The normalized spacial score (nSPS) is 12.1. The van der Waals surface area contributed by atoms with Crippen LogP contribution >= 0.6 is 11.8 Å². The number of ether oxygens (including phenoxy) is 1. The maximum absolute atomic E-state index is 13.0. The summed E-state index contributed by atoms with van der Waals surface area (Å²) in [5.41, 5.74) is 0.634. The molecule has 3 rings (SSSR count). The van der Waals surface area contributed by atoms with E-state index in [1.165, 1.54) is 40.6 Å². The second kappa shape index (κ2) is 9.87. The Hall–Kier alpha value is -3.00. The van der Waals surface area contributed by atoms with Crippen LogP contribution in [0, 0.1) is 0 Å². The topological polar surface area (TPSA) is 123 Å². The Kier molecular flexibility index (Phi) is 7.37. The summed E-state index contributed by atoms with van der Waals surface area (Å²) < 4.78 is 67.1. The van der Waals surface area contributed by atoms with E-state index >= 15 is 0 Å². The van der Waals surface area contributed by atoms with Gasteiger partial charge in [0.25, 0.3) is 5.56 Å². The molecule has 0 radical (unpaired) electrons. The molecule has 0 fully saturated rings. The number of fused-ring (bicyclic) bond motifs is 1. The average molecular weight is 505 g/mol. The van der Waals surface area contributed by atoms with Gasteiger partial charge in [-0.05, 0) is 36.8 Å². The van der Waals surface area contributed by atoms with E-state index < -0.39 is 34.3 Å². The molecule has 2 N–H and O–H groups in total. The smallest absolute Gasteiger partial charge is 0.422 e. The molecule has 0 saturated heterocycles. The quantitative estimate of drug-likeness (QED) is 0.261. The second-order valence-corrected chi connectivity index (χ2v) is 9.73. The number of carbonyl (C=O) groups is 1. The maximum Gasteiger partial charge on any atom is 0.422 e. The third-order valence-corrected chi connectivity index (χ3v) is 5.75. The Balaban J connectivity index is 1.80. The molecule has 178 valence electrons. The van der Waals surface area contributed by atoms with Crippen molar-refractivity contribution in [1.82, 2.24) is 19.3 Å². The Morgan fingerprint density at radius 1 is 1.24 bits per heavy atom. The third kappa shape index (κ3) is 6.99. The highest BCUT2D eigenvalue weighted by molar-refractivity contribution is 7.99. The van der Waals surface area contributed by atoms with Crippen molar-refractivity contribution in [3.8, 4) is 11.4 Å². The molecule has 0 aliphatic carbocycles. The number of sulfonamides is 1. The molecule has 2 heterocycles. The predicted octanol–water partition coefficient (Wildman–Crippen LogP) is 2.60. The van der Waals surface area contributed by atoms with Gasteiger partial charge in [0.2, 0.25) is 15.9 Å². The highest BCUT2D eigenvalue weighted by atomic mass is 32.2. The van der Waals surface area contributed by atoms with E-state index in [-0.39, 0.29) is 17.7 Å². The van der Waals surface area contributed by atoms with Crippen LogP contribution in [-0.4, -0.2) is 53.7 Å². The van der Waals surface area contributed by atoms with Crippen molar-refractivity contribution in [3.63, 3.8) is 0 Å². The van der Waals surface area contributed by atoms with Gasteiger partial charge in [-0.25, -0.2) is 13.4 Å². The highest BCUT2D eigenvalue weighted by Gasteiger charge is 2.28. The van der Waals surface area contributed by atoms with Gasteiger partial charge in [0, 0.05) is 18.4 Å². The lowest BCUT2D eigenvalue weighted by atomic mass is 10.3. The van der Waals surface area contributed by atoms with Crippen LogP contribution in [-0.2, 0) is 14.8 Å². The molecular formula is C19H19F3N4O5S2. The van der Waals surface area contributed by atoms with Crippen LogP contribution in [0.1, 0.15) is 12.8 Å². The lowest BCUT2D eigenvalue weighted by molar-refractivity contribution is -0.153. The molecule has 0 bridgehead atoms. The highest BCUT2D eigenvalue weighted by Crippen LogP contribution is 2.24. The minimum atomic E-state index is -4.47. The van der Waals surface area contributed by atoms with Crippen LogP contribution in [0.4, 0.5) is 13.2 Å². The van der Waals surface area contributed by atoms with Crippen molar-refractivity contribution >= 4 is 38.7 Å². The molecule has 9 nitrogen and oxygen atoms in total. The third-order valence-electron chi connectivity index (χ3n) is 4.13. The molecule has 3 aromatic rings. The molecule has 1 aromatic carbocycles. The van der Waals surface area contributed by atoms with Crippen LogP contribution in [0.2, 0.25) is 0 Å². The zero-order chi connectivity index (χ0) is 24.2. The van der Waals surface area contributed by atoms with Gasteiger partial charge >= 0.3 is 6.18 Å². The van der Waals surface area contributed by atoms with E-state index in [4.69, 9.17) is 4.74 Å². The zero-order valence-corrected chi connectivity index (χ0v) is 18.8. The van der Waals surface area contributed by atoms with Crippen LogP contribution in [0.5, 0.6) is 5.75 Å². The van der Waals surface area contributed by atoms with E-state index in [1.807, 2.05) is 4.72 Å². The van der Waals surface area contributed by atoms with E-state index in [2.05, 4.69) is 9.97 Å². The zero-order valence-electron chi connectivity index (χ0n) is 17.2. The first-order chi connectivity index (χ1) is 15.4. The van der Waals surface area contributed by atoms with Crippen LogP contribution < -0.4 is 15.0 Å². The summed E-state index contributed by atoms with van der Waals surface area (Å²) in [6.45, 7) is -1.43. The van der Waals surface area contributed by atoms with Crippen molar-refractivity contribution in [2.75, 3.05) is 18.6 Å². The monoisotopic (exact) mass is 504 g/mol. The van der Waals surface area contributed by atoms with Gasteiger partial charge in [0.1, 0.15) is 11.3 Å². The number of aromatic amines is 1. The Morgan fingerprint density at radius 2 is 1.94 bits per heavy atom. The lowest BCUT2D eigenvalue weighted by Gasteiger charge is -2.13. The molecule has 0 aliphatic rings. The number of nitrogens with one attached hydrogen (secondary N) is 2. The Bertz CT molecular complexity index is 1300. The first-order valence-corrected chi connectivity index (χ1v) is 12.3. The largest absolute Gasteiger partial charge is 0.484 e. The molecule has 33 heavy (non-hydrogen) atoms. The summed E-state index contributed by atoms with van der Waals surface area (Å²) in [6, 6.07) is 7.13. The molecule has 2 aromatic heterocycles. The number of alkyl halides is 3. The molecule has 0 aliphatic heterocycles. The fourth-order valence-electron chi connectivity index (χ4n) is 2.81. The van der Waals surface area contributed by atoms with Crippen LogP contribution in [0.25, 0.3) is 16.7 Å². The molecule has 0 unspecified atom stereocenters. The van der Waals surface area contributed by atoms with Crippen LogP contribution in [0.3, 0.4) is 0 Å². The van der Waals surface area contributed by atoms with E-state index in [1.54, 1.807) is 12.3 Å². The van der Waals surface area contributed by atoms with E-state index in [0.29, 0.717) is 28.5 Å². The first-order valence-electron chi connectivity index (χ1n) is 9.46. The number of hydrogen-bond donors (Lipinski definition) is 2. The SMILES string of the molecule is CS(=O)(=O)NC(=O)CCCSc1nc2cc[nH]c2c(=O)n1-c1ccc(OCC(F)(F)F)cc1. The number of carbonyl (C=O) groups excluding carboxylic acids is 1. The summed E-state index contributed by atoms with van der Waals surface area (Å²) in [6.07, 6.45) is -1.76. The van der Waals surface area contributed by atoms with Crippen LogP contribution in [0.15, 0.2) is 46.5 Å². The van der Waals surface area contributed by atoms with Gasteiger partial charge in [-0.15, -0.1) is 0 Å². The number of thioether (sulfide) groups is 1. The minimum Gasteiger partial charge on any atom is -0.484 e. The Morgan fingerprint density at radius 3 is 2.58 bits per heavy atom. The fourth-order valence-corrected chi connectivity index (χ4v) is 4.28. The number of benzene rings is 1. The molecule has 1 amide bonds. The molecular weight excluding hydrogens is 485 g/mol. The van der Waals surface area contributed by atoms with Gasteiger partial charge < -0.3 is 9.72 Å². The number of nitrogens with zero attached hydrogens (tertiary/aromatic N) is 2. The Labute approximate surface area is 190 Å². The number of halogens is 3. The standard InChI is InChI=1S/C19H19F3N4O5S2/c1-33(29,30)25-15(27)3-2-10-32-18-24-14-8-9-23-16(14)17(28)26(18)12-4-6-13(7-5-12)31-11-19(20,21)22/h4-9,23H,2-3,10-11H2,1H3,(H,25,27). The maximum atomic E-state index is 13.0. The predicted molar refractivity (Wildman–Crippen MR) is 116 cm³/mol. The number of amides is 1. The molecule has 0 saturated carbocycles. The van der Waals surface area contributed by atoms with Crippen molar-refractivity contribution < 1.29 is 31.1 Å². The summed E-state index contributed by atoms with van der Waals surface area (Å²) in [5, 5.41) is 0.305. The van der Waals surface area contributed by atoms with Gasteiger partial charge in [0.05, 0.1) is 17.5 Å². The van der Waals surface area contributed by atoms with Crippen molar-refractivity contribution in [3.05, 3.63) is 46.9 Å². The summed E-state index contributed by atoms with van der Waals surface area (Å²) >= 11 is 1.18. The number of H-pyrrole nitrogens is 1. The second-order valence-electron chi connectivity index (χ2n) is 6.92. The van der Waals surface area contributed by atoms with E-state index in [9.17, 15) is 31.2 Å². The van der Waals surface area contributed by atoms with Crippen molar-refractivity contribution in [1.29, 1.82) is 0 Å². The summed E-state index contributed by atoms with van der Waals surface area (Å²) in [4.78, 5) is 31.9. The first kappa shape index (κ1) is 24.6. The minimum absolute atomic E-state index is 0.0101. The van der Waals surface area contributed by atoms with Gasteiger partial charge in [-0.2, -0.15) is 13.2 Å². The van der Waals surface area contributed by atoms with Crippen molar-refractivity contribution in [2.45, 2.75) is 24.2 Å². The van der Waals surface area contributed by atoms with E-state index in [0.717, 1.165) is 6.26 Å². The van der Waals surface area contributed by atoms with Gasteiger partial charge in [-0.1, -0.05) is 11.8 Å². The van der Waals surface area contributed by atoms with Gasteiger partial charge in [-0.3, -0.25) is 18.9 Å². The average Bonchev–Trinajstić information content (AvgIpc) is 3.17. The van der Waals surface area contributed by atoms with Crippen molar-refractivity contribution in [2.24, 2.45) is 0 Å². The van der Waals surface area contributed by atoms with Gasteiger partial charge in [0.15, 0.2) is 11.8 Å².